The number of fused-ring (bicyclic) bond motifs is 1. The number of para-hydroxylation sites is 1. The van der Waals surface area contributed by atoms with Crippen LogP contribution in [-0.2, 0) is 0 Å². The molecular weight excluding hydrogens is 270 g/mol. The smallest absolute Gasteiger partial charge is 0.287 e. The fourth-order valence-corrected chi connectivity index (χ4v) is 2.19. The number of aromatic amines is 1. The number of aromatic nitrogens is 4. The van der Waals surface area contributed by atoms with E-state index in [-0.39, 0.29) is 17.7 Å². The van der Waals surface area contributed by atoms with E-state index in [0.717, 1.165) is 18.2 Å². The van der Waals surface area contributed by atoms with Crippen LogP contribution in [0.3, 0.4) is 0 Å². The van der Waals surface area contributed by atoms with Crippen molar-refractivity contribution in [2.45, 2.75) is 25.8 Å². The van der Waals surface area contributed by atoms with Crippen LogP contribution in [0.5, 0.6) is 0 Å². The van der Waals surface area contributed by atoms with E-state index in [1.807, 2.05) is 31.2 Å². The summed E-state index contributed by atoms with van der Waals surface area (Å²) in [4.78, 5) is 12.3. The first-order valence-corrected chi connectivity index (χ1v) is 6.80. The van der Waals surface area contributed by atoms with Gasteiger partial charge in [0, 0.05) is 5.39 Å². The van der Waals surface area contributed by atoms with Gasteiger partial charge >= 0.3 is 0 Å². The van der Waals surface area contributed by atoms with Crippen LogP contribution in [0.1, 0.15) is 42.2 Å². The van der Waals surface area contributed by atoms with Crippen molar-refractivity contribution in [3.8, 4) is 0 Å². The number of rotatable bonds is 5. The van der Waals surface area contributed by atoms with Gasteiger partial charge in [0.1, 0.15) is 5.58 Å². The molecule has 0 aliphatic carbocycles. The third kappa shape index (κ3) is 2.76. The summed E-state index contributed by atoms with van der Waals surface area (Å²) in [7, 11) is 0. The molecule has 0 saturated carbocycles. The van der Waals surface area contributed by atoms with Gasteiger partial charge in [-0.25, -0.2) is 0 Å². The van der Waals surface area contributed by atoms with Gasteiger partial charge in [0.2, 0.25) is 0 Å². The highest BCUT2D eigenvalue weighted by atomic mass is 16.3. The molecule has 3 aromatic rings. The summed E-state index contributed by atoms with van der Waals surface area (Å²) in [6, 6.07) is 8.94. The maximum Gasteiger partial charge on any atom is 0.287 e. The first kappa shape index (κ1) is 13.3. The van der Waals surface area contributed by atoms with Crippen molar-refractivity contribution in [2.75, 3.05) is 0 Å². The number of hydrogen-bond donors (Lipinski definition) is 2. The zero-order valence-electron chi connectivity index (χ0n) is 11.5. The summed E-state index contributed by atoms with van der Waals surface area (Å²) < 4.78 is 5.55. The van der Waals surface area contributed by atoms with Crippen LogP contribution in [0, 0.1) is 0 Å². The Bertz CT molecular complexity index is 702. The van der Waals surface area contributed by atoms with E-state index in [1.54, 1.807) is 6.07 Å². The summed E-state index contributed by atoms with van der Waals surface area (Å²) in [5.41, 5.74) is 0.689. The Labute approximate surface area is 120 Å². The van der Waals surface area contributed by atoms with Gasteiger partial charge in [-0.3, -0.25) is 4.79 Å². The zero-order chi connectivity index (χ0) is 14.7. The summed E-state index contributed by atoms with van der Waals surface area (Å²) in [5.74, 6) is 0.469. The normalized spacial score (nSPS) is 12.4. The molecule has 2 heterocycles. The highest BCUT2D eigenvalue weighted by molar-refractivity contribution is 5.96. The second-order valence-corrected chi connectivity index (χ2v) is 4.73. The molecule has 21 heavy (non-hydrogen) atoms. The van der Waals surface area contributed by atoms with Crippen LogP contribution in [0.2, 0.25) is 0 Å². The fourth-order valence-electron chi connectivity index (χ4n) is 2.19. The third-order valence-corrected chi connectivity index (χ3v) is 3.21. The number of tetrazole rings is 1. The van der Waals surface area contributed by atoms with Crippen LogP contribution >= 0.6 is 0 Å². The lowest BCUT2D eigenvalue weighted by Crippen LogP contribution is -2.29. The molecule has 0 spiro atoms. The molecule has 1 amide bonds. The maximum atomic E-state index is 12.3. The first-order valence-electron chi connectivity index (χ1n) is 6.80. The molecule has 7 nitrogen and oxygen atoms in total. The van der Waals surface area contributed by atoms with E-state index >= 15 is 0 Å². The van der Waals surface area contributed by atoms with Gasteiger partial charge in [0.05, 0.1) is 6.04 Å². The number of benzene rings is 1. The van der Waals surface area contributed by atoms with Crippen LogP contribution in [-0.4, -0.2) is 26.5 Å². The predicted molar refractivity (Wildman–Crippen MR) is 75.5 cm³/mol. The van der Waals surface area contributed by atoms with Crippen LogP contribution in [0.4, 0.5) is 0 Å². The van der Waals surface area contributed by atoms with Crippen LogP contribution in [0.15, 0.2) is 34.7 Å². The largest absolute Gasteiger partial charge is 0.451 e. The molecule has 7 heteroatoms. The zero-order valence-corrected chi connectivity index (χ0v) is 11.5. The molecule has 2 N–H and O–H groups in total. The molecule has 0 aliphatic rings. The van der Waals surface area contributed by atoms with E-state index in [9.17, 15) is 4.79 Å². The van der Waals surface area contributed by atoms with E-state index in [4.69, 9.17) is 4.42 Å². The van der Waals surface area contributed by atoms with Gasteiger partial charge in [-0.2, -0.15) is 5.21 Å². The average molecular weight is 285 g/mol. The highest BCUT2D eigenvalue weighted by Crippen LogP contribution is 2.20. The minimum absolute atomic E-state index is 0.279. The van der Waals surface area contributed by atoms with Crippen LogP contribution < -0.4 is 5.32 Å². The third-order valence-electron chi connectivity index (χ3n) is 3.21. The van der Waals surface area contributed by atoms with Crippen molar-refractivity contribution in [1.82, 2.24) is 25.9 Å². The number of nitrogens with zero attached hydrogens (tertiary/aromatic N) is 3. The Morgan fingerprint density at radius 3 is 3.00 bits per heavy atom. The van der Waals surface area contributed by atoms with Gasteiger partial charge in [-0.1, -0.05) is 36.8 Å². The molecule has 1 aromatic carbocycles. The number of furan rings is 1. The summed E-state index contributed by atoms with van der Waals surface area (Å²) in [6.45, 7) is 2.03. The van der Waals surface area contributed by atoms with Gasteiger partial charge < -0.3 is 9.73 Å². The molecule has 3 rings (SSSR count). The van der Waals surface area contributed by atoms with Crippen LogP contribution in [0.25, 0.3) is 11.0 Å². The highest BCUT2D eigenvalue weighted by Gasteiger charge is 2.20. The molecule has 0 aliphatic heterocycles. The molecule has 2 aromatic heterocycles. The van der Waals surface area contributed by atoms with E-state index in [1.165, 1.54) is 0 Å². The SMILES string of the molecule is CCC[C@H](NC(=O)c1cc2ccccc2o1)c1nn[nH]n1. The number of carbonyl (C=O) groups is 1. The Kier molecular flexibility index (Phi) is 3.63. The molecule has 0 radical (unpaired) electrons. The van der Waals surface area contributed by atoms with Gasteiger partial charge in [-0.05, 0) is 18.6 Å². The molecule has 108 valence electrons. The fraction of sp³-hybridized carbons (Fsp3) is 0.286. The monoisotopic (exact) mass is 285 g/mol. The molecule has 0 saturated heterocycles. The summed E-state index contributed by atoms with van der Waals surface area (Å²) in [6.07, 6.45) is 1.62. The summed E-state index contributed by atoms with van der Waals surface area (Å²) >= 11 is 0. The van der Waals surface area contributed by atoms with Gasteiger partial charge in [-0.15, -0.1) is 10.2 Å². The van der Waals surface area contributed by atoms with E-state index in [0.29, 0.717) is 11.4 Å². The number of H-pyrrole nitrogens is 1. The second kappa shape index (κ2) is 5.74. The molecule has 0 fully saturated rings. The standard InChI is InChI=1S/C14H15N5O2/c1-2-5-10(13-16-18-19-17-13)15-14(20)12-8-9-6-3-4-7-11(9)21-12/h3-4,6-8,10H,2,5H2,1H3,(H,15,20)(H,16,17,18,19)/t10-/m0/s1. The lowest BCUT2D eigenvalue weighted by Gasteiger charge is -2.13. The van der Waals surface area contributed by atoms with Gasteiger partial charge in [0.25, 0.3) is 5.91 Å². The quantitative estimate of drug-likeness (QED) is 0.749. The summed E-state index contributed by atoms with van der Waals surface area (Å²) in [5, 5.41) is 17.6. The lowest BCUT2D eigenvalue weighted by atomic mass is 10.1. The average Bonchev–Trinajstić information content (AvgIpc) is 3.16. The van der Waals surface area contributed by atoms with Crippen molar-refractivity contribution < 1.29 is 9.21 Å². The number of nitrogens with one attached hydrogen (secondary N) is 2. The Morgan fingerprint density at radius 2 is 2.29 bits per heavy atom. The number of hydrogen-bond acceptors (Lipinski definition) is 5. The first-order chi connectivity index (χ1) is 10.3. The maximum absolute atomic E-state index is 12.3. The molecule has 0 bridgehead atoms. The minimum atomic E-state index is -0.283. The number of carbonyl (C=O) groups excluding carboxylic acids is 1. The minimum Gasteiger partial charge on any atom is -0.451 e. The second-order valence-electron chi connectivity index (χ2n) is 4.73. The molecular formula is C14H15N5O2. The number of amides is 1. The van der Waals surface area contributed by atoms with Gasteiger partial charge in [0.15, 0.2) is 11.6 Å². The van der Waals surface area contributed by atoms with Crippen molar-refractivity contribution in [3.63, 3.8) is 0 Å². The Balaban J connectivity index is 1.80. The van der Waals surface area contributed by atoms with Crippen molar-refractivity contribution >= 4 is 16.9 Å². The van der Waals surface area contributed by atoms with Crippen molar-refractivity contribution in [3.05, 3.63) is 41.9 Å². The van der Waals surface area contributed by atoms with Crippen molar-refractivity contribution in [2.24, 2.45) is 0 Å². The van der Waals surface area contributed by atoms with E-state index in [2.05, 4.69) is 25.9 Å². The van der Waals surface area contributed by atoms with Crippen molar-refractivity contribution in [1.29, 1.82) is 0 Å². The lowest BCUT2D eigenvalue weighted by molar-refractivity contribution is 0.0906. The topological polar surface area (TPSA) is 96.7 Å². The Hall–Kier alpha value is -2.70. The molecule has 1 atom stereocenters. The van der Waals surface area contributed by atoms with E-state index < -0.39 is 0 Å². The Morgan fingerprint density at radius 1 is 1.43 bits per heavy atom. The molecule has 0 unspecified atom stereocenters. The predicted octanol–water partition coefficient (Wildman–Crippen LogP) is 2.22.